The first kappa shape index (κ1) is 10.1. The van der Waals surface area contributed by atoms with Crippen LogP contribution in [0.3, 0.4) is 0 Å². The Balaban J connectivity index is 3.30. The van der Waals surface area contributed by atoms with E-state index in [-0.39, 0.29) is 5.41 Å². The van der Waals surface area contributed by atoms with E-state index in [0.29, 0.717) is 0 Å². The van der Waals surface area contributed by atoms with E-state index in [1.165, 1.54) is 0 Å². The van der Waals surface area contributed by atoms with Gasteiger partial charge >= 0.3 is 0 Å². The molecule has 0 unspecified atom stereocenters. The molecule has 0 fully saturated rings. The Hall–Kier alpha value is -0.990. The van der Waals surface area contributed by atoms with Crippen molar-refractivity contribution in [2.24, 2.45) is 7.05 Å². The summed E-state index contributed by atoms with van der Waals surface area (Å²) in [5.74, 6) is 0.912. The second-order valence-electron chi connectivity index (χ2n) is 4.34. The van der Waals surface area contributed by atoms with Gasteiger partial charge in [0.1, 0.15) is 5.69 Å². The minimum atomic E-state index is 0.0391. The summed E-state index contributed by atoms with van der Waals surface area (Å²) >= 11 is 0. The minimum absolute atomic E-state index is 0.0391. The zero-order valence-electron chi connectivity index (χ0n) is 9.30. The van der Waals surface area contributed by atoms with E-state index in [2.05, 4.69) is 25.9 Å². The Bertz CT molecular complexity index is 307. The monoisotopic (exact) mass is 182 g/mol. The van der Waals surface area contributed by atoms with Gasteiger partial charge in [0.05, 0.1) is 12.8 Å². The van der Waals surface area contributed by atoms with Crippen molar-refractivity contribution in [1.82, 2.24) is 9.78 Å². The number of nitrogens with zero attached hydrogens (tertiary/aromatic N) is 2. The SMILES string of the molecule is COc1c(C(C)(C)C)nn(C)c1C. The number of rotatable bonds is 1. The van der Waals surface area contributed by atoms with Gasteiger partial charge in [-0.3, -0.25) is 4.68 Å². The summed E-state index contributed by atoms with van der Waals surface area (Å²) in [5, 5.41) is 4.44. The van der Waals surface area contributed by atoms with E-state index < -0.39 is 0 Å². The van der Waals surface area contributed by atoms with Gasteiger partial charge in [0.15, 0.2) is 5.75 Å². The Morgan fingerprint density at radius 1 is 1.31 bits per heavy atom. The third-order valence-corrected chi connectivity index (χ3v) is 2.19. The quantitative estimate of drug-likeness (QED) is 0.664. The third kappa shape index (κ3) is 1.69. The molecular weight excluding hydrogens is 164 g/mol. The van der Waals surface area contributed by atoms with Gasteiger partial charge < -0.3 is 4.74 Å². The van der Waals surface area contributed by atoms with Crippen molar-refractivity contribution in [2.45, 2.75) is 33.1 Å². The Labute approximate surface area is 79.7 Å². The number of aromatic nitrogens is 2. The number of hydrogen-bond acceptors (Lipinski definition) is 2. The van der Waals surface area contributed by atoms with Gasteiger partial charge in [0, 0.05) is 12.5 Å². The Morgan fingerprint density at radius 2 is 1.85 bits per heavy atom. The van der Waals surface area contributed by atoms with Crippen molar-refractivity contribution < 1.29 is 4.74 Å². The van der Waals surface area contributed by atoms with Crippen molar-refractivity contribution in [1.29, 1.82) is 0 Å². The molecule has 0 saturated carbocycles. The fourth-order valence-corrected chi connectivity index (χ4v) is 1.32. The highest BCUT2D eigenvalue weighted by atomic mass is 16.5. The van der Waals surface area contributed by atoms with Crippen LogP contribution in [0.4, 0.5) is 0 Å². The molecule has 1 rings (SSSR count). The fraction of sp³-hybridized carbons (Fsp3) is 0.700. The normalized spacial score (nSPS) is 11.8. The molecule has 0 aromatic carbocycles. The first-order valence-electron chi connectivity index (χ1n) is 4.46. The molecule has 0 saturated heterocycles. The van der Waals surface area contributed by atoms with E-state index in [1.807, 2.05) is 18.7 Å². The number of hydrogen-bond donors (Lipinski definition) is 0. The molecule has 13 heavy (non-hydrogen) atoms. The van der Waals surface area contributed by atoms with Crippen LogP contribution in [-0.2, 0) is 12.5 Å². The van der Waals surface area contributed by atoms with Gasteiger partial charge in [-0.05, 0) is 6.92 Å². The number of aryl methyl sites for hydroxylation is 1. The predicted molar refractivity (Wildman–Crippen MR) is 53.2 cm³/mol. The summed E-state index contributed by atoms with van der Waals surface area (Å²) in [7, 11) is 3.63. The van der Waals surface area contributed by atoms with E-state index in [4.69, 9.17) is 4.74 Å². The van der Waals surface area contributed by atoms with Crippen molar-refractivity contribution in [3.05, 3.63) is 11.4 Å². The van der Waals surface area contributed by atoms with Crippen LogP contribution < -0.4 is 4.74 Å². The molecule has 0 atom stereocenters. The highest BCUT2D eigenvalue weighted by Gasteiger charge is 2.24. The zero-order chi connectivity index (χ0) is 10.2. The Morgan fingerprint density at radius 3 is 2.15 bits per heavy atom. The molecule has 0 amide bonds. The summed E-state index contributed by atoms with van der Waals surface area (Å²) < 4.78 is 7.20. The smallest absolute Gasteiger partial charge is 0.163 e. The van der Waals surface area contributed by atoms with Crippen LogP contribution in [0, 0.1) is 6.92 Å². The van der Waals surface area contributed by atoms with E-state index in [1.54, 1.807) is 7.11 Å². The molecule has 0 radical (unpaired) electrons. The lowest BCUT2D eigenvalue weighted by molar-refractivity contribution is 0.394. The highest BCUT2D eigenvalue weighted by molar-refractivity contribution is 5.36. The molecule has 0 spiro atoms. The number of ether oxygens (including phenoxy) is 1. The first-order chi connectivity index (χ1) is 5.88. The van der Waals surface area contributed by atoms with Crippen LogP contribution in [0.25, 0.3) is 0 Å². The van der Waals surface area contributed by atoms with E-state index in [0.717, 1.165) is 17.1 Å². The van der Waals surface area contributed by atoms with Crippen molar-refractivity contribution >= 4 is 0 Å². The van der Waals surface area contributed by atoms with Gasteiger partial charge in [-0.1, -0.05) is 20.8 Å². The minimum Gasteiger partial charge on any atom is -0.493 e. The van der Waals surface area contributed by atoms with Crippen LogP contribution >= 0.6 is 0 Å². The van der Waals surface area contributed by atoms with Gasteiger partial charge in [-0.15, -0.1) is 0 Å². The fourth-order valence-electron chi connectivity index (χ4n) is 1.32. The van der Waals surface area contributed by atoms with Gasteiger partial charge in [0.25, 0.3) is 0 Å². The summed E-state index contributed by atoms with van der Waals surface area (Å²) in [4.78, 5) is 0. The molecule has 0 aliphatic rings. The molecule has 0 N–H and O–H groups in total. The summed E-state index contributed by atoms with van der Waals surface area (Å²) in [5.41, 5.74) is 2.14. The van der Waals surface area contributed by atoms with Gasteiger partial charge in [0.2, 0.25) is 0 Å². The standard InChI is InChI=1S/C10H18N2O/c1-7-8(13-6)9(10(2,3)4)11-12(7)5/h1-6H3. The van der Waals surface area contributed by atoms with Gasteiger partial charge in [-0.2, -0.15) is 5.10 Å². The largest absolute Gasteiger partial charge is 0.493 e. The topological polar surface area (TPSA) is 27.1 Å². The Kier molecular flexibility index (Phi) is 2.37. The molecular formula is C10H18N2O. The molecule has 74 valence electrons. The molecule has 0 bridgehead atoms. The highest BCUT2D eigenvalue weighted by Crippen LogP contribution is 2.32. The average molecular weight is 182 g/mol. The lowest BCUT2D eigenvalue weighted by Crippen LogP contribution is -2.13. The lowest BCUT2D eigenvalue weighted by Gasteiger charge is -2.16. The average Bonchev–Trinajstić information content (AvgIpc) is 2.28. The second-order valence-corrected chi connectivity index (χ2v) is 4.34. The predicted octanol–water partition coefficient (Wildman–Crippen LogP) is 2.03. The molecule has 3 heteroatoms. The molecule has 1 heterocycles. The third-order valence-electron chi connectivity index (χ3n) is 2.19. The van der Waals surface area contributed by atoms with Crippen LogP contribution in [0.1, 0.15) is 32.2 Å². The summed E-state index contributed by atoms with van der Waals surface area (Å²) in [6, 6.07) is 0. The maximum Gasteiger partial charge on any atom is 0.163 e. The van der Waals surface area contributed by atoms with Crippen LogP contribution in [0.2, 0.25) is 0 Å². The van der Waals surface area contributed by atoms with E-state index >= 15 is 0 Å². The van der Waals surface area contributed by atoms with Crippen molar-refractivity contribution in [2.75, 3.05) is 7.11 Å². The van der Waals surface area contributed by atoms with Crippen LogP contribution in [-0.4, -0.2) is 16.9 Å². The van der Waals surface area contributed by atoms with Crippen LogP contribution in [0.5, 0.6) is 5.75 Å². The maximum atomic E-state index is 5.34. The van der Waals surface area contributed by atoms with E-state index in [9.17, 15) is 0 Å². The summed E-state index contributed by atoms with van der Waals surface area (Å²) in [6.07, 6.45) is 0. The second kappa shape index (κ2) is 3.05. The molecule has 1 aromatic heterocycles. The molecule has 1 aromatic rings. The lowest BCUT2D eigenvalue weighted by atomic mass is 9.91. The van der Waals surface area contributed by atoms with Crippen molar-refractivity contribution in [3.63, 3.8) is 0 Å². The van der Waals surface area contributed by atoms with Crippen LogP contribution in [0.15, 0.2) is 0 Å². The summed E-state index contributed by atoms with van der Waals surface area (Å²) in [6.45, 7) is 8.42. The molecule has 0 aliphatic carbocycles. The van der Waals surface area contributed by atoms with Gasteiger partial charge in [-0.25, -0.2) is 0 Å². The molecule has 3 nitrogen and oxygen atoms in total. The van der Waals surface area contributed by atoms with Crippen molar-refractivity contribution in [3.8, 4) is 5.75 Å². The first-order valence-corrected chi connectivity index (χ1v) is 4.46. The maximum absolute atomic E-state index is 5.34. The molecule has 0 aliphatic heterocycles. The number of methoxy groups -OCH3 is 1. The zero-order valence-corrected chi connectivity index (χ0v) is 9.30.